The monoisotopic (exact) mass is 494 g/mol. The van der Waals surface area contributed by atoms with Crippen LogP contribution >= 0.6 is 0 Å². The summed E-state index contributed by atoms with van der Waals surface area (Å²) in [4.78, 5) is 21.8. The predicted molar refractivity (Wildman–Crippen MR) is 71.8 cm³/mol. The van der Waals surface area contributed by atoms with Crippen molar-refractivity contribution in [1.29, 1.82) is 0 Å². The summed E-state index contributed by atoms with van der Waals surface area (Å²) in [6, 6.07) is 0. The summed E-state index contributed by atoms with van der Waals surface area (Å²) >= 11 is 0. The van der Waals surface area contributed by atoms with E-state index in [1.165, 1.54) is 0 Å². The fourth-order valence-corrected chi connectivity index (χ4v) is 1.69. The average Bonchev–Trinajstić information content (AvgIpc) is 2.57. The highest BCUT2D eigenvalue weighted by atomic mass is 19.4. The van der Waals surface area contributed by atoms with Crippen molar-refractivity contribution in [3.05, 3.63) is 0 Å². The van der Waals surface area contributed by atoms with Gasteiger partial charge in [-0.2, -0.15) is 61.5 Å². The van der Waals surface area contributed by atoms with E-state index < -0.39 is 73.8 Å². The molecule has 2 amide bonds. The van der Waals surface area contributed by atoms with Crippen LogP contribution in [0.1, 0.15) is 19.3 Å². The van der Waals surface area contributed by atoms with E-state index in [9.17, 15) is 71.1 Å². The summed E-state index contributed by atoms with van der Waals surface area (Å²) in [5.74, 6) is -31.6. The van der Waals surface area contributed by atoms with E-state index in [4.69, 9.17) is 0 Å². The summed E-state index contributed by atoms with van der Waals surface area (Å²) in [7, 11) is 0. The van der Waals surface area contributed by atoms with E-state index in [-0.39, 0.29) is 6.42 Å². The Morgan fingerprint density at radius 3 is 0.968 bits per heavy atom. The second-order valence-corrected chi connectivity index (χ2v) is 5.87. The summed E-state index contributed by atoms with van der Waals surface area (Å²) in [6.45, 7) is -1.84. The van der Waals surface area contributed by atoms with Gasteiger partial charge in [0, 0.05) is 13.1 Å². The minimum atomic E-state index is -6.74. The molecule has 184 valence electrons. The molecule has 0 heterocycles. The van der Waals surface area contributed by atoms with Crippen molar-refractivity contribution in [3.8, 4) is 0 Å². The SMILES string of the molecule is O=C(NCCCCCNC(=O)C(F)(F)C(F)(F)C(F)(F)F)C(F)(F)C(F)(F)C(F)(F)F. The number of hydrogen-bond acceptors (Lipinski definition) is 2. The molecule has 0 radical (unpaired) electrons. The highest BCUT2D eigenvalue weighted by Gasteiger charge is 2.77. The topological polar surface area (TPSA) is 58.2 Å². The van der Waals surface area contributed by atoms with Gasteiger partial charge in [0.1, 0.15) is 0 Å². The Morgan fingerprint density at radius 2 is 0.742 bits per heavy atom. The van der Waals surface area contributed by atoms with Gasteiger partial charge in [-0.05, 0) is 19.3 Å². The first-order valence-corrected chi connectivity index (χ1v) is 7.76. The molecule has 0 atom stereocenters. The minimum Gasteiger partial charge on any atom is -0.351 e. The number of alkyl halides is 14. The molecule has 31 heavy (non-hydrogen) atoms. The predicted octanol–water partition coefficient (Wildman–Crippen LogP) is 4.05. The molecule has 0 saturated heterocycles. The average molecular weight is 494 g/mol. The molecule has 4 nitrogen and oxygen atoms in total. The Bertz CT molecular complexity index is 587. The van der Waals surface area contributed by atoms with E-state index in [0.717, 1.165) is 10.6 Å². The summed E-state index contributed by atoms with van der Waals surface area (Å²) in [5, 5.41) is 2.12. The van der Waals surface area contributed by atoms with Crippen molar-refractivity contribution in [3.63, 3.8) is 0 Å². The van der Waals surface area contributed by atoms with Crippen LogP contribution < -0.4 is 10.6 Å². The zero-order valence-corrected chi connectivity index (χ0v) is 14.6. The molecular weight excluding hydrogens is 482 g/mol. The molecule has 0 bridgehead atoms. The molecule has 0 aliphatic carbocycles. The van der Waals surface area contributed by atoms with Gasteiger partial charge < -0.3 is 10.6 Å². The standard InChI is InChI=1S/C13H12F14N2O2/c14-8(15,10(18,19)12(22,23)24)6(30)28-4-2-1-3-5-29-7(31)9(16,17)11(20,21)13(25,26)27/h1-5H2,(H,28,30)(H,29,31). The molecule has 0 fully saturated rings. The number of nitrogens with one attached hydrogen (secondary N) is 2. The number of carbonyl (C=O) groups is 2. The molecule has 0 aromatic heterocycles. The smallest absolute Gasteiger partial charge is 0.351 e. The molecule has 0 rings (SSSR count). The molecule has 0 aliphatic heterocycles. The maximum atomic E-state index is 13.0. The molecule has 0 spiro atoms. The van der Waals surface area contributed by atoms with Gasteiger partial charge >= 0.3 is 36.0 Å². The van der Waals surface area contributed by atoms with E-state index in [2.05, 4.69) is 0 Å². The zero-order valence-electron chi connectivity index (χ0n) is 14.6. The molecular formula is C13H12F14N2O2. The second-order valence-electron chi connectivity index (χ2n) is 5.87. The number of unbranched alkanes of at least 4 members (excludes halogenated alkanes) is 2. The van der Waals surface area contributed by atoms with Crippen LogP contribution in [0.2, 0.25) is 0 Å². The van der Waals surface area contributed by atoms with Crippen LogP contribution in [-0.4, -0.2) is 60.9 Å². The number of amides is 2. The van der Waals surface area contributed by atoms with Crippen molar-refractivity contribution in [2.24, 2.45) is 0 Å². The van der Waals surface area contributed by atoms with E-state index in [0.29, 0.717) is 0 Å². The maximum absolute atomic E-state index is 13.0. The van der Waals surface area contributed by atoms with Crippen LogP contribution in [0.15, 0.2) is 0 Å². The lowest BCUT2D eigenvalue weighted by molar-refractivity contribution is -0.344. The molecule has 0 aliphatic rings. The van der Waals surface area contributed by atoms with Gasteiger partial charge in [0.25, 0.3) is 11.8 Å². The molecule has 18 heteroatoms. The Hall–Kier alpha value is -2.04. The van der Waals surface area contributed by atoms with Crippen molar-refractivity contribution in [2.45, 2.75) is 55.3 Å². The molecule has 0 aromatic rings. The lowest BCUT2D eigenvalue weighted by Crippen LogP contribution is -2.59. The summed E-state index contributed by atoms with van der Waals surface area (Å²) in [6.07, 6.45) is -14.7. The summed E-state index contributed by atoms with van der Waals surface area (Å²) in [5.41, 5.74) is 0. The summed E-state index contributed by atoms with van der Waals surface area (Å²) < 4.78 is 174. The lowest BCUT2D eigenvalue weighted by atomic mass is 10.1. The number of rotatable bonds is 10. The van der Waals surface area contributed by atoms with Crippen LogP contribution in [0.3, 0.4) is 0 Å². The Morgan fingerprint density at radius 1 is 0.484 bits per heavy atom. The fraction of sp³-hybridized carbons (Fsp3) is 0.846. The fourth-order valence-electron chi connectivity index (χ4n) is 1.69. The Labute approximate surface area is 163 Å². The largest absolute Gasteiger partial charge is 0.460 e. The van der Waals surface area contributed by atoms with Crippen molar-refractivity contribution < 1.29 is 71.1 Å². The molecule has 0 saturated carbocycles. The normalized spacial score (nSPS) is 14.4. The number of hydrogen-bond donors (Lipinski definition) is 2. The van der Waals surface area contributed by atoms with Gasteiger partial charge in [0.15, 0.2) is 0 Å². The molecule has 0 unspecified atom stereocenters. The van der Waals surface area contributed by atoms with Crippen LogP contribution in [0.25, 0.3) is 0 Å². The van der Waals surface area contributed by atoms with Crippen molar-refractivity contribution >= 4 is 11.8 Å². The van der Waals surface area contributed by atoms with Gasteiger partial charge in [0.2, 0.25) is 0 Å². The first-order chi connectivity index (χ1) is 13.5. The number of halogens is 14. The first kappa shape index (κ1) is 29.0. The van der Waals surface area contributed by atoms with E-state index in [1.54, 1.807) is 0 Å². The Kier molecular flexibility index (Phi) is 8.61. The van der Waals surface area contributed by atoms with Crippen molar-refractivity contribution in [2.75, 3.05) is 13.1 Å². The zero-order chi connectivity index (χ0) is 25.1. The lowest BCUT2D eigenvalue weighted by Gasteiger charge is -2.27. The second kappa shape index (κ2) is 9.22. The third-order valence-electron chi connectivity index (χ3n) is 3.50. The highest BCUT2D eigenvalue weighted by Crippen LogP contribution is 2.47. The van der Waals surface area contributed by atoms with Crippen molar-refractivity contribution in [1.82, 2.24) is 10.6 Å². The van der Waals surface area contributed by atoms with Gasteiger partial charge in [-0.15, -0.1) is 0 Å². The van der Waals surface area contributed by atoms with Gasteiger partial charge in [0.05, 0.1) is 0 Å². The quantitative estimate of drug-likeness (QED) is 0.356. The van der Waals surface area contributed by atoms with E-state index in [1.807, 2.05) is 0 Å². The Balaban J connectivity index is 4.47. The third kappa shape index (κ3) is 6.02. The van der Waals surface area contributed by atoms with Crippen LogP contribution in [0.5, 0.6) is 0 Å². The van der Waals surface area contributed by atoms with Gasteiger partial charge in [-0.3, -0.25) is 9.59 Å². The third-order valence-corrected chi connectivity index (χ3v) is 3.50. The van der Waals surface area contributed by atoms with Gasteiger partial charge in [-0.25, -0.2) is 0 Å². The minimum absolute atomic E-state index is 0.330. The number of carbonyl (C=O) groups excluding carboxylic acids is 2. The molecule has 2 N–H and O–H groups in total. The first-order valence-electron chi connectivity index (χ1n) is 7.76. The highest BCUT2D eigenvalue weighted by molar-refractivity contribution is 5.85. The van der Waals surface area contributed by atoms with E-state index >= 15 is 0 Å². The van der Waals surface area contributed by atoms with Crippen LogP contribution in [-0.2, 0) is 9.59 Å². The molecule has 0 aromatic carbocycles. The maximum Gasteiger partial charge on any atom is 0.460 e. The van der Waals surface area contributed by atoms with Crippen LogP contribution in [0, 0.1) is 0 Å². The van der Waals surface area contributed by atoms with Crippen LogP contribution in [0.4, 0.5) is 61.5 Å². The van der Waals surface area contributed by atoms with Gasteiger partial charge in [-0.1, -0.05) is 0 Å².